The lowest BCUT2D eigenvalue weighted by molar-refractivity contribution is -0.429. The molecule has 2 aromatic rings. The highest BCUT2D eigenvalue weighted by Crippen LogP contribution is 2.28. The van der Waals surface area contributed by atoms with Crippen molar-refractivity contribution in [1.29, 1.82) is 0 Å². The van der Waals surface area contributed by atoms with Crippen LogP contribution in [0.25, 0.3) is 0 Å². The molecule has 1 atom stereocenters. The summed E-state index contributed by atoms with van der Waals surface area (Å²) < 4.78 is 11.8. The molecule has 0 fully saturated rings. The Morgan fingerprint density at radius 1 is 1.14 bits per heavy atom. The predicted octanol–water partition coefficient (Wildman–Crippen LogP) is 3.17. The van der Waals surface area contributed by atoms with Gasteiger partial charge in [-0.2, -0.15) is 9.48 Å². The first-order chi connectivity index (χ1) is 16.9. The third-order valence-electron chi connectivity index (χ3n) is 5.63. The SMILES string of the molecule is COc1ccc(CCN2C(=O)C3C=CC=NC3=[N+](CC(=O)Nc3cccc(Cl)c3)C2=O)cc1OC. The van der Waals surface area contributed by atoms with Crippen molar-refractivity contribution in [2.45, 2.75) is 6.42 Å². The average molecular weight is 496 g/mol. The number of carbonyl (C=O) groups excluding carboxylic acids is 3. The first-order valence-electron chi connectivity index (χ1n) is 10.9. The van der Waals surface area contributed by atoms with Gasteiger partial charge < -0.3 is 14.8 Å². The maximum Gasteiger partial charge on any atom is 0.446 e. The number of fused-ring (bicyclic) bond motifs is 1. The molecule has 0 aromatic heterocycles. The fourth-order valence-electron chi connectivity index (χ4n) is 3.92. The van der Waals surface area contributed by atoms with Crippen LogP contribution in [0.1, 0.15) is 5.56 Å². The van der Waals surface area contributed by atoms with Gasteiger partial charge in [0.05, 0.1) is 20.8 Å². The molecule has 35 heavy (non-hydrogen) atoms. The molecule has 1 unspecified atom stereocenters. The summed E-state index contributed by atoms with van der Waals surface area (Å²) in [4.78, 5) is 44.6. The zero-order valence-corrected chi connectivity index (χ0v) is 20.0. The minimum absolute atomic E-state index is 0.126. The number of amidine groups is 1. The van der Waals surface area contributed by atoms with Gasteiger partial charge in [0.15, 0.2) is 24.0 Å². The van der Waals surface area contributed by atoms with Crippen molar-refractivity contribution in [2.24, 2.45) is 10.9 Å². The van der Waals surface area contributed by atoms with Gasteiger partial charge in [0.25, 0.3) is 11.7 Å². The minimum Gasteiger partial charge on any atom is -0.493 e. The number of ether oxygens (including phenoxy) is 2. The highest BCUT2D eigenvalue weighted by molar-refractivity contribution is 6.30. The number of benzene rings is 2. The van der Waals surface area contributed by atoms with E-state index in [4.69, 9.17) is 21.1 Å². The molecule has 0 spiro atoms. The monoisotopic (exact) mass is 495 g/mol. The molecule has 2 aliphatic rings. The number of amides is 4. The Bertz CT molecular complexity index is 1270. The van der Waals surface area contributed by atoms with Crippen molar-refractivity contribution in [3.8, 4) is 11.5 Å². The van der Waals surface area contributed by atoms with Gasteiger partial charge in [-0.1, -0.05) is 29.8 Å². The second-order valence-electron chi connectivity index (χ2n) is 7.86. The molecular weight excluding hydrogens is 472 g/mol. The number of allylic oxidation sites excluding steroid dienone is 1. The van der Waals surface area contributed by atoms with Gasteiger partial charge in [-0.3, -0.25) is 9.59 Å². The van der Waals surface area contributed by atoms with Gasteiger partial charge in [0.2, 0.25) is 0 Å². The third kappa shape index (κ3) is 5.25. The van der Waals surface area contributed by atoms with E-state index in [-0.39, 0.29) is 24.8 Å². The number of hydrogen-bond donors (Lipinski definition) is 1. The third-order valence-corrected chi connectivity index (χ3v) is 5.86. The van der Waals surface area contributed by atoms with Gasteiger partial charge in [-0.15, -0.1) is 4.99 Å². The molecule has 0 saturated heterocycles. The summed E-state index contributed by atoms with van der Waals surface area (Å²) in [5, 5.41) is 3.20. The predicted molar refractivity (Wildman–Crippen MR) is 132 cm³/mol. The summed E-state index contributed by atoms with van der Waals surface area (Å²) in [7, 11) is 3.09. The van der Waals surface area contributed by atoms with Crippen LogP contribution in [0.2, 0.25) is 5.02 Å². The van der Waals surface area contributed by atoms with E-state index in [0.717, 1.165) is 10.5 Å². The molecule has 4 amide bonds. The lowest BCUT2D eigenvalue weighted by atomic mass is 10.0. The summed E-state index contributed by atoms with van der Waals surface area (Å²) in [6.45, 7) is -0.177. The Labute approximate surface area is 207 Å². The molecule has 9 nitrogen and oxygen atoms in total. The van der Waals surface area contributed by atoms with Crippen LogP contribution in [0, 0.1) is 5.92 Å². The Balaban J connectivity index is 1.54. The van der Waals surface area contributed by atoms with E-state index in [2.05, 4.69) is 10.3 Å². The normalized spacial score (nSPS) is 16.9. The molecule has 2 heterocycles. The van der Waals surface area contributed by atoms with Crippen molar-refractivity contribution in [2.75, 3.05) is 32.6 Å². The highest BCUT2D eigenvalue weighted by atomic mass is 35.5. The lowest BCUT2D eigenvalue weighted by Crippen LogP contribution is -2.56. The van der Waals surface area contributed by atoms with E-state index in [0.29, 0.717) is 28.6 Å². The Morgan fingerprint density at radius 2 is 1.94 bits per heavy atom. The largest absolute Gasteiger partial charge is 0.493 e. The van der Waals surface area contributed by atoms with Crippen LogP contribution in [-0.2, 0) is 16.0 Å². The molecular formula is C25H24ClN4O5+. The van der Waals surface area contributed by atoms with E-state index in [1.54, 1.807) is 62.8 Å². The number of anilines is 1. The summed E-state index contributed by atoms with van der Waals surface area (Å²) in [5.41, 5.74) is 1.36. The number of halogens is 1. The molecule has 2 aliphatic heterocycles. The Morgan fingerprint density at radius 3 is 2.69 bits per heavy atom. The van der Waals surface area contributed by atoms with Gasteiger partial charge in [0, 0.05) is 17.1 Å². The van der Waals surface area contributed by atoms with Crippen LogP contribution >= 0.6 is 11.6 Å². The number of aliphatic imine (C=N–C) groups is 1. The second kappa shape index (κ2) is 10.5. The van der Waals surface area contributed by atoms with Crippen molar-refractivity contribution in [1.82, 2.24) is 4.90 Å². The minimum atomic E-state index is -0.748. The molecule has 0 radical (unpaired) electrons. The van der Waals surface area contributed by atoms with Gasteiger partial charge >= 0.3 is 11.9 Å². The smallest absolute Gasteiger partial charge is 0.446 e. The molecule has 0 bridgehead atoms. The number of carbonyl (C=O) groups is 3. The molecule has 0 saturated carbocycles. The number of urea groups is 1. The van der Waals surface area contributed by atoms with Crippen LogP contribution < -0.4 is 14.8 Å². The maximum absolute atomic E-state index is 13.3. The molecule has 180 valence electrons. The maximum atomic E-state index is 13.3. The first kappa shape index (κ1) is 24.2. The number of methoxy groups -OCH3 is 2. The number of hydrogen-bond acceptors (Lipinski definition) is 6. The Hall–Kier alpha value is -3.98. The zero-order chi connectivity index (χ0) is 24.9. The fourth-order valence-corrected chi connectivity index (χ4v) is 4.11. The van der Waals surface area contributed by atoms with Crippen LogP contribution in [0.3, 0.4) is 0 Å². The van der Waals surface area contributed by atoms with E-state index < -0.39 is 17.9 Å². The number of rotatable bonds is 8. The topological polar surface area (TPSA) is 100 Å². The van der Waals surface area contributed by atoms with E-state index in [9.17, 15) is 14.4 Å². The molecule has 2 aromatic carbocycles. The standard InChI is InChI=1S/C25H23ClN4O5/c1-34-20-9-8-16(13-21(20)35-2)10-12-29-24(32)19-7-4-11-27-23(19)30(25(29)33)15-22(31)28-18-6-3-5-17(26)14-18/h3-9,11,13-14,19H,10,12,15H2,1-2H3/p+1. The number of imide groups is 1. The summed E-state index contributed by atoms with van der Waals surface area (Å²) in [6, 6.07) is 11.5. The number of nitrogens with one attached hydrogen (secondary N) is 1. The summed E-state index contributed by atoms with van der Waals surface area (Å²) in [6.07, 6.45) is 5.21. The molecule has 0 aliphatic carbocycles. The second-order valence-corrected chi connectivity index (χ2v) is 8.29. The number of dihydropyridines is 1. The fraction of sp³-hybridized carbons (Fsp3) is 0.240. The van der Waals surface area contributed by atoms with Crippen molar-refractivity contribution < 1.29 is 28.4 Å². The first-order valence-corrected chi connectivity index (χ1v) is 11.3. The van der Waals surface area contributed by atoms with Crippen molar-refractivity contribution in [3.05, 3.63) is 65.2 Å². The molecule has 10 heteroatoms. The zero-order valence-electron chi connectivity index (χ0n) is 19.2. The average Bonchev–Trinajstić information content (AvgIpc) is 2.86. The Kier molecular flexibility index (Phi) is 7.26. The van der Waals surface area contributed by atoms with Crippen molar-refractivity contribution >= 4 is 47.2 Å². The summed E-state index contributed by atoms with van der Waals surface area (Å²) in [5.74, 6) is -0.201. The summed E-state index contributed by atoms with van der Waals surface area (Å²) >= 11 is 5.99. The number of nitrogens with zero attached hydrogens (tertiary/aromatic N) is 3. The van der Waals surface area contributed by atoms with Gasteiger partial charge in [0.1, 0.15) is 6.21 Å². The van der Waals surface area contributed by atoms with Crippen molar-refractivity contribution in [3.63, 3.8) is 0 Å². The van der Waals surface area contributed by atoms with Gasteiger partial charge in [-0.25, -0.2) is 4.79 Å². The van der Waals surface area contributed by atoms with Crippen LogP contribution in [0.15, 0.2) is 59.6 Å². The van der Waals surface area contributed by atoms with Crippen LogP contribution in [0.5, 0.6) is 11.5 Å². The quantitative estimate of drug-likeness (QED) is 0.567. The van der Waals surface area contributed by atoms with E-state index in [1.807, 2.05) is 6.07 Å². The highest BCUT2D eigenvalue weighted by Gasteiger charge is 2.46. The lowest BCUT2D eigenvalue weighted by Gasteiger charge is -2.27. The molecule has 4 rings (SSSR count). The van der Waals surface area contributed by atoms with Crippen LogP contribution in [0.4, 0.5) is 10.5 Å². The van der Waals surface area contributed by atoms with Gasteiger partial charge in [-0.05, 0) is 42.0 Å². The van der Waals surface area contributed by atoms with Crippen LogP contribution in [-0.4, -0.2) is 66.7 Å². The van der Waals surface area contributed by atoms with E-state index in [1.165, 1.54) is 10.8 Å². The molecule has 1 N–H and O–H groups in total. The van der Waals surface area contributed by atoms with E-state index >= 15 is 0 Å².